The van der Waals surface area contributed by atoms with Gasteiger partial charge in [-0.15, -0.1) is 11.3 Å². The van der Waals surface area contributed by atoms with Crippen LogP contribution < -0.4 is 10.6 Å². The summed E-state index contributed by atoms with van der Waals surface area (Å²) in [7, 11) is 0. The Balaban J connectivity index is 1.85. The standard InChI is InChI=1S/C15H22N4O2S/c1-10(2)19-14(6-7-16-19)18-15(21)17-11(3)9-12(20)13-5-4-8-22-13/h4-8,10-12,20H,9H2,1-3H3,(H2,17,18,21)/t11-,12-/m1/s1. The highest BCUT2D eigenvalue weighted by atomic mass is 32.1. The van der Waals surface area contributed by atoms with Crippen LogP contribution in [0.5, 0.6) is 0 Å². The minimum absolute atomic E-state index is 0.146. The molecule has 2 heterocycles. The molecule has 0 saturated carbocycles. The highest BCUT2D eigenvalue weighted by molar-refractivity contribution is 7.10. The van der Waals surface area contributed by atoms with Crippen LogP contribution in [-0.4, -0.2) is 27.0 Å². The molecule has 0 aliphatic rings. The Kier molecular flexibility index (Phi) is 5.57. The maximum atomic E-state index is 12.0. The van der Waals surface area contributed by atoms with E-state index in [4.69, 9.17) is 0 Å². The molecule has 0 unspecified atom stereocenters. The number of aromatic nitrogens is 2. The van der Waals surface area contributed by atoms with Crippen molar-refractivity contribution < 1.29 is 9.90 Å². The van der Waals surface area contributed by atoms with E-state index in [1.807, 2.05) is 38.3 Å². The van der Waals surface area contributed by atoms with Crippen LogP contribution in [0.1, 0.15) is 44.2 Å². The first-order valence-electron chi connectivity index (χ1n) is 7.30. The van der Waals surface area contributed by atoms with E-state index in [-0.39, 0.29) is 18.1 Å². The topological polar surface area (TPSA) is 79.2 Å². The van der Waals surface area contributed by atoms with Gasteiger partial charge in [0, 0.05) is 23.0 Å². The lowest BCUT2D eigenvalue weighted by Crippen LogP contribution is -2.37. The molecule has 0 aliphatic carbocycles. The number of anilines is 1. The quantitative estimate of drug-likeness (QED) is 0.764. The first kappa shape index (κ1) is 16.5. The summed E-state index contributed by atoms with van der Waals surface area (Å²) >= 11 is 1.51. The van der Waals surface area contributed by atoms with Gasteiger partial charge in [-0.3, -0.25) is 5.32 Å². The molecular weight excluding hydrogens is 300 g/mol. The maximum Gasteiger partial charge on any atom is 0.320 e. The monoisotopic (exact) mass is 322 g/mol. The lowest BCUT2D eigenvalue weighted by Gasteiger charge is -2.18. The first-order chi connectivity index (χ1) is 10.5. The molecule has 22 heavy (non-hydrogen) atoms. The zero-order valence-electron chi connectivity index (χ0n) is 13.0. The summed E-state index contributed by atoms with van der Waals surface area (Å²) in [6.07, 6.45) is 1.56. The number of nitrogens with zero attached hydrogens (tertiary/aromatic N) is 2. The molecule has 2 amide bonds. The van der Waals surface area contributed by atoms with Gasteiger partial charge in [0.2, 0.25) is 0 Å². The minimum atomic E-state index is -0.559. The van der Waals surface area contributed by atoms with Crippen molar-refractivity contribution in [3.63, 3.8) is 0 Å². The Morgan fingerprint density at radius 3 is 2.82 bits per heavy atom. The number of hydrogen-bond acceptors (Lipinski definition) is 4. The zero-order chi connectivity index (χ0) is 16.1. The van der Waals surface area contributed by atoms with Crippen molar-refractivity contribution in [3.8, 4) is 0 Å². The third-order valence-electron chi connectivity index (χ3n) is 3.23. The van der Waals surface area contributed by atoms with E-state index in [0.717, 1.165) is 4.88 Å². The normalized spacial score (nSPS) is 13.9. The van der Waals surface area contributed by atoms with Crippen molar-refractivity contribution in [2.24, 2.45) is 0 Å². The smallest absolute Gasteiger partial charge is 0.320 e. The predicted octanol–water partition coefficient (Wildman–Crippen LogP) is 3.16. The molecular formula is C15H22N4O2S. The summed E-state index contributed by atoms with van der Waals surface area (Å²) in [6, 6.07) is 5.28. The van der Waals surface area contributed by atoms with E-state index < -0.39 is 6.10 Å². The third-order valence-corrected chi connectivity index (χ3v) is 4.20. The fraction of sp³-hybridized carbons (Fsp3) is 0.467. The second-order valence-corrected chi connectivity index (χ2v) is 6.50. The number of nitrogens with one attached hydrogen (secondary N) is 2. The Labute approximate surface area is 134 Å². The van der Waals surface area contributed by atoms with E-state index >= 15 is 0 Å². The van der Waals surface area contributed by atoms with Crippen LogP contribution in [0.2, 0.25) is 0 Å². The van der Waals surface area contributed by atoms with Gasteiger partial charge < -0.3 is 10.4 Å². The molecule has 0 aliphatic heterocycles. The van der Waals surface area contributed by atoms with Crippen LogP contribution in [0.15, 0.2) is 29.8 Å². The number of urea groups is 1. The number of aliphatic hydroxyl groups is 1. The van der Waals surface area contributed by atoms with Gasteiger partial charge in [-0.05, 0) is 38.6 Å². The molecule has 3 N–H and O–H groups in total. The average molecular weight is 322 g/mol. The van der Waals surface area contributed by atoms with Gasteiger partial charge in [0.1, 0.15) is 5.82 Å². The minimum Gasteiger partial charge on any atom is -0.387 e. The third kappa shape index (κ3) is 4.32. The van der Waals surface area contributed by atoms with Gasteiger partial charge >= 0.3 is 6.03 Å². The molecule has 2 aromatic rings. The van der Waals surface area contributed by atoms with Crippen molar-refractivity contribution in [3.05, 3.63) is 34.7 Å². The highest BCUT2D eigenvalue weighted by Crippen LogP contribution is 2.22. The van der Waals surface area contributed by atoms with Gasteiger partial charge in [0.05, 0.1) is 12.3 Å². The highest BCUT2D eigenvalue weighted by Gasteiger charge is 2.16. The summed E-state index contributed by atoms with van der Waals surface area (Å²) in [5, 5.41) is 21.8. The summed E-state index contributed by atoms with van der Waals surface area (Å²) < 4.78 is 1.74. The Hall–Kier alpha value is -1.86. The molecule has 0 bridgehead atoms. The second-order valence-electron chi connectivity index (χ2n) is 5.52. The van der Waals surface area contributed by atoms with Gasteiger partial charge in [0.25, 0.3) is 0 Å². The molecule has 2 rings (SSSR count). The van der Waals surface area contributed by atoms with Gasteiger partial charge in [0.15, 0.2) is 0 Å². The van der Waals surface area contributed by atoms with E-state index in [1.54, 1.807) is 16.9 Å². The number of carbonyl (C=O) groups excluding carboxylic acids is 1. The van der Waals surface area contributed by atoms with Crippen LogP contribution in [0, 0.1) is 0 Å². The molecule has 2 atom stereocenters. The molecule has 2 aromatic heterocycles. The summed E-state index contributed by atoms with van der Waals surface area (Å²) in [5.41, 5.74) is 0. The Morgan fingerprint density at radius 2 is 2.18 bits per heavy atom. The molecule has 0 fully saturated rings. The number of aliphatic hydroxyl groups excluding tert-OH is 1. The van der Waals surface area contributed by atoms with E-state index in [0.29, 0.717) is 12.2 Å². The summed E-state index contributed by atoms with van der Waals surface area (Å²) in [5.74, 6) is 0.651. The van der Waals surface area contributed by atoms with Crippen LogP contribution in [0.3, 0.4) is 0 Å². The number of rotatable bonds is 6. The summed E-state index contributed by atoms with van der Waals surface area (Å²) in [4.78, 5) is 12.9. The lowest BCUT2D eigenvalue weighted by molar-refractivity contribution is 0.158. The SMILES string of the molecule is CC(C)n1nccc1NC(=O)N[C@H](C)C[C@@H](O)c1cccs1. The van der Waals surface area contributed by atoms with Gasteiger partial charge in [-0.2, -0.15) is 5.10 Å². The summed E-state index contributed by atoms with van der Waals surface area (Å²) in [6.45, 7) is 5.86. The van der Waals surface area contributed by atoms with Crippen LogP contribution in [-0.2, 0) is 0 Å². The number of amides is 2. The number of carbonyl (C=O) groups is 1. The molecule has 0 radical (unpaired) electrons. The van der Waals surface area contributed by atoms with Crippen molar-refractivity contribution in [2.75, 3.05) is 5.32 Å². The fourth-order valence-corrected chi connectivity index (χ4v) is 2.92. The Bertz CT molecular complexity index is 594. The number of thiophene rings is 1. The van der Waals surface area contributed by atoms with Crippen LogP contribution in [0.25, 0.3) is 0 Å². The second kappa shape index (κ2) is 7.42. The van der Waals surface area contributed by atoms with Crippen molar-refractivity contribution in [1.82, 2.24) is 15.1 Å². The molecule has 0 aromatic carbocycles. The average Bonchev–Trinajstić information content (AvgIpc) is 3.08. The van der Waals surface area contributed by atoms with E-state index in [1.165, 1.54) is 11.3 Å². The van der Waals surface area contributed by atoms with Crippen molar-refractivity contribution in [2.45, 2.75) is 45.4 Å². The Morgan fingerprint density at radius 1 is 1.41 bits per heavy atom. The van der Waals surface area contributed by atoms with E-state index in [2.05, 4.69) is 15.7 Å². The van der Waals surface area contributed by atoms with Gasteiger partial charge in [-0.25, -0.2) is 9.48 Å². The maximum absolute atomic E-state index is 12.0. The molecule has 0 spiro atoms. The molecule has 0 saturated heterocycles. The van der Waals surface area contributed by atoms with Crippen LogP contribution in [0.4, 0.5) is 10.6 Å². The fourth-order valence-electron chi connectivity index (χ4n) is 2.19. The molecule has 6 nitrogen and oxygen atoms in total. The van der Waals surface area contributed by atoms with Crippen molar-refractivity contribution in [1.29, 1.82) is 0 Å². The molecule has 7 heteroatoms. The molecule has 120 valence electrons. The van der Waals surface area contributed by atoms with Crippen molar-refractivity contribution >= 4 is 23.2 Å². The predicted molar refractivity (Wildman–Crippen MR) is 88.1 cm³/mol. The largest absolute Gasteiger partial charge is 0.387 e. The number of hydrogen-bond donors (Lipinski definition) is 3. The first-order valence-corrected chi connectivity index (χ1v) is 8.18. The lowest BCUT2D eigenvalue weighted by atomic mass is 10.1. The van der Waals surface area contributed by atoms with E-state index in [9.17, 15) is 9.90 Å². The van der Waals surface area contributed by atoms with Crippen LogP contribution >= 0.6 is 11.3 Å². The van der Waals surface area contributed by atoms with Gasteiger partial charge in [-0.1, -0.05) is 6.07 Å². The zero-order valence-corrected chi connectivity index (χ0v) is 13.8.